The van der Waals surface area contributed by atoms with E-state index in [4.69, 9.17) is 9.47 Å². The van der Waals surface area contributed by atoms with Crippen molar-refractivity contribution in [3.63, 3.8) is 0 Å². The quantitative estimate of drug-likeness (QED) is 0.699. The molecule has 23 heavy (non-hydrogen) atoms. The van der Waals surface area contributed by atoms with Crippen molar-refractivity contribution in [1.82, 2.24) is 0 Å². The van der Waals surface area contributed by atoms with Crippen LogP contribution in [-0.4, -0.2) is 19.1 Å². The molecule has 0 aromatic heterocycles. The van der Waals surface area contributed by atoms with Crippen molar-refractivity contribution in [3.8, 4) is 17.6 Å². The third-order valence-electron chi connectivity index (χ3n) is 3.27. The molecule has 0 atom stereocenters. The summed E-state index contributed by atoms with van der Waals surface area (Å²) in [7, 11) is 0. The number of benzene rings is 2. The summed E-state index contributed by atoms with van der Waals surface area (Å²) in [6.45, 7) is 1.00. The second-order valence-electron chi connectivity index (χ2n) is 4.89. The van der Waals surface area contributed by atoms with E-state index in [1.807, 2.05) is 24.3 Å². The van der Waals surface area contributed by atoms with Gasteiger partial charge >= 0.3 is 0 Å². The SMILES string of the molecule is N#C/C(=C/c1ccc2c(c1)OCCO2)C(=O)Nc1ccccc1. The van der Waals surface area contributed by atoms with Crippen LogP contribution in [0.15, 0.2) is 54.1 Å². The van der Waals surface area contributed by atoms with Gasteiger partial charge in [0.15, 0.2) is 11.5 Å². The molecule has 1 aliphatic heterocycles. The third-order valence-corrected chi connectivity index (χ3v) is 3.27. The highest BCUT2D eigenvalue weighted by Gasteiger charge is 2.13. The van der Waals surface area contributed by atoms with Crippen LogP contribution in [0.5, 0.6) is 11.5 Å². The lowest BCUT2D eigenvalue weighted by molar-refractivity contribution is -0.112. The Bertz CT molecular complexity index is 792. The van der Waals surface area contributed by atoms with E-state index in [1.54, 1.807) is 30.3 Å². The summed E-state index contributed by atoms with van der Waals surface area (Å²) in [6, 6.07) is 16.2. The number of para-hydroxylation sites is 1. The fourth-order valence-electron chi connectivity index (χ4n) is 2.18. The van der Waals surface area contributed by atoms with E-state index >= 15 is 0 Å². The Balaban J connectivity index is 1.81. The smallest absolute Gasteiger partial charge is 0.266 e. The zero-order valence-corrected chi connectivity index (χ0v) is 12.3. The molecular weight excluding hydrogens is 292 g/mol. The van der Waals surface area contributed by atoms with Crippen molar-refractivity contribution in [1.29, 1.82) is 5.26 Å². The maximum atomic E-state index is 12.2. The molecule has 0 aliphatic carbocycles. The fourth-order valence-corrected chi connectivity index (χ4v) is 2.18. The molecule has 3 rings (SSSR count). The molecule has 0 fully saturated rings. The van der Waals surface area contributed by atoms with Gasteiger partial charge < -0.3 is 14.8 Å². The molecule has 0 saturated carbocycles. The van der Waals surface area contributed by atoms with Crippen LogP contribution >= 0.6 is 0 Å². The highest BCUT2D eigenvalue weighted by molar-refractivity contribution is 6.09. The predicted molar refractivity (Wildman–Crippen MR) is 86.1 cm³/mol. The zero-order valence-electron chi connectivity index (χ0n) is 12.3. The second-order valence-corrected chi connectivity index (χ2v) is 4.89. The van der Waals surface area contributed by atoms with Crippen LogP contribution in [0.2, 0.25) is 0 Å². The number of amides is 1. The first-order valence-electron chi connectivity index (χ1n) is 7.14. The Hall–Kier alpha value is -3.26. The average molecular weight is 306 g/mol. The van der Waals surface area contributed by atoms with Crippen LogP contribution in [0.1, 0.15) is 5.56 Å². The molecule has 2 aromatic rings. The largest absolute Gasteiger partial charge is 0.486 e. The van der Waals surface area contributed by atoms with Gasteiger partial charge in [0.1, 0.15) is 24.9 Å². The number of anilines is 1. The van der Waals surface area contributed by atoms with Gasteiger partial charge in [0.05, 0.1) is 0 Å². The van der Waals surface area contributed by atoms with Gasteiger partial charge in [-0.25, -0.2) is 0 Å². The van der Waals surface area contributed by atoms with E-state index in [9.17, 15) is 10.1 Å². The van der Waals surface area contributed by atoms with Crippen molar-refractivity contribution in [2.24, 2.45) is 0 Å². The first-order valence-corrected chi connectivity index (χ1v) is 7.14. The van der Waals surface area contributed by atoms with Crippen molar-refractivity contribution in [2.75, 3.05) is 18.5 Å². The zero-order chi connectivity index (χ0) is 16.1. The minimum absolute atomic E-state index is 0.0190. The number of ether oxygens (including phenoxy) is 2. The standard InChI is InChI=1S/C18H14N2O3/c19-12-14(18(21)20-15-4-2-1-3-5-15)10-13-6-7-16-17(11-13)23-9-8-22-16/h1-7,10-11H,8-9H2,(H,20,21)/b14-10-. The molecule has 1 N–H and O–H groups in total. The number of carbonyl (C=O) groups excluding carboxylic acids is 1. The van der Waals surface area contributed by atoms with Gasteiger partial charge in [-0.1, -0.05) is 24.3 Å². The summed E-state index contributed by atoms with van der Waals surface area (Å²) in [4.78, 5) is 12.2. The number of hydrogen-bond acceptors (Lipinski definition) is 4. The molecule has 114 valence electrons. The van der Waals surface area contributed by atoms with E-state index in [2.05, 4.69) is 5.32 Å². The molecule has 5 heteroatoms. The van der Waals surface area contributed by atoms with E-state index < -0.39 is 5.91 Å². The molecular formula is C18H14N2O3. The van der Waals surface area contributed by atoms with Crippen molar-refractivity contribution < 1.29 is 14.3 Å². The highest BCUT2D eigenvalue weighted by Crippen LogP contribution is 2.31. The molecule has 1 aliphatic rings. The molecule has 0 bridgehead atoms. The number of nitrogens with one attached hydrogen (secondary N) is 1. The molecule has 1 heterocycles. The molecule has 0 spiro atoms. The van der Waals surface area contributed by atoms with Crippen LogP contribution in [-0.2, 0) is 4.79 Å². The number of hydrogen-bond donors (Lipinski definition) is 1. The lowest BCUT2D eigenvalue weighted by atomic mass is 10.1. The lowest BCUT2D eigenvalue weighted by Gasteiger charge is -2.18. The van der Waals surface area contributed by atoms with E-state index in [0.29, 0.717) is 36.0 Å². The minimum Gasteiger partial charge on any atom is -0.486 e. The molecule has 0 radical (unpaired) electrons. The van der Waals surface area contributed by atoms with Gasteiger partial charge in [0.25, 0.3) is 5.91 Å². The topological polar surface area (TPSA) is 71.3 Å². The molecule has 1 amide bonds. The van der Waals surface area contributed by atoms with Crippen molar-refractivity contribution in [2.45, 2.75) is 0 Å². The van der Waals surface area contributed by atoms with E-state index in [1.165, 1.54) is 6.08 Å². The number of nitriles is 1. The van der Waals surface area contributed by atoms with Gasteiger partial charge in [-0.2, -0.15) is 5.26 Å². The number of carbonyl (C=O) groups is 1. The Labute approximate surface area is 133 Å². The third kappa shape index (κ3) is 3.50. The summed E-state index contributed by atoms with van der Waals surface area (Å²) in [5.41, 5.74) is 1.36. The van der Waals surface area contributed by atoms with E-state index in [0.717, 1.165) is 0 Å². The summed E-state index contributed by atoms with van der Waals surface area (Å²) in [5.74, 6) is 0.833. The van der Waals surface area contributed by atoms with Gasteiger partial charge in [-0.3, -0.25) is 4.79 Å². The summed E-state index contributed by atoms with van der Waals surface area (Å²) in [6.07, 6.45) is 1.52. The van der Waals surface area contributed by atoms with E-state index in [-0.39, 0.29) is 5.57 Å². The highest BCUT2D eigenvalue weighted by atomic mass is 16.6. The van der Waals surface area contributed by atoms with Crippen LogP contribution < -0.4 is 14.8 Å². The Morgan fingerprint density at radius 3 is 2.57 bits per heavy atom. The first kappa shape index (κ1) is 14.7. The van der Waals surface area contributed by atoms with Crippen LogP contribution in [0.4, 0.5) is 5.69 Å². The van der Waals surface area contributed by atoms with Gasteiger partial charge in [-0.05, 0) is 35.9 Å². The monoisotopic (exact) mass is 306 g/mol. The van der Waals surface area contributed by atoms with Crippen molar-refractivity contribution >= 4 is 17.7 Å². The Morgan fingerprint density at radius 1 is 1.09 bits per heavy atom. The lowest BCUT2D eigenvalue weighted by Crippen LogP contribution is -2.15. The number of nitrogens with zero attached hydrogens (tertiary/aromatic N) is 1. The van der Waals surface area contributed by atoms with Gasteiger partial charge in [0, 0.05) is 5.69 Å². The van der Waals surface area contributed by atoms with Crippen LogP contribution in [0.25, 0.3) is 6.08 Å². The van der Waals surface area contributed by atoms with Gasteiger partial charge in [0.2, 0.25) is 0 Å². The van der Waals surface area contributed by atoms with Crippen molar-refractivity contribution in [3.05, 3.63) is 59.7 Å². The predicted octanol–water partition coefficient (Wildman–Crippen LogP) is 3.00. The molecule has 5 nitrogen and oxygen atoms in total. The van der Waals surface area contributed by atoms with Crippen LogP contribution in [0, 0.1) is 11.3 Å². The summed E-state index contributed by atoms with van der Waals surface area (Å²) in [5, 5.41) is 11.9. The Morgan fingerprint density at radius 2 is 1.83 bits per heavy atom. The summed E-state index contributed by atoms with van der Waals surface area (Å²) < 4.78 is 10.9. The first-order chi connectivity index (χ1) is 11.3. The normalized spacial score (nSPS) is 13.1. The number of fused-ring (bicyclic) bond motifs is 1. The number of rotatable bonds is 3. The summed E-state index contributed by atoms with van der Waals surface area (Å²) >= 11 is 0. The Kier molecular flexibility index (Phi) is 4.25. The maximum absolute atomic E-state index is 12.2. The molecule has 2 aromatic carbocycles. The van der Waals surface area contributed by atoms with Gasteiger partial charge in [-0.15, -0.1) is 0 Å². The molecule has 0 unspecified atom stereocenters. The minimum atomic E-state index is -0.450. The second kappa shape index (κ2) is 6.67. The average Bonchev–Trinajstić information content (AvgIpc) is 2.60. The molecule has 0 saturated heterocycles. The maximum Gasteiger partial charge on any atom is 0.266 e. The van der Waals surface area contributed by atoms with Crippen LogP contribution in [0.3, 0.4) is 0 Å². The fraction of sp³-hybridized carbons (Fsp3) is 0.111.